The molecule has 0 aromatic carbocycles. The molecule has 3 nitrogen and oxygen atoms in total. The summed E-state index contributed by atoms with van der Waals surface area (Å²) >= 11 is 0. The largest absolute Gasteiger partial charge is 0.367 e. The van der Waals surface area contributed by atoms with E-state index in [2.05, 4.69) is 24.4 Å². The third-order valence-electron chi connectivity index (χ3n) is 3.15. The van der Waals surface area contributed by atoms with Crippen LogP contribution in [0, 0.1) is 5.92 Å². The number of carbonyl (C=O) groups excluding carboxylic acids is 1. The average Bonchev–Trinajstić information content (AvgIpc) is 2.79. The fourth-order valence-electron chi connectivity index (χ4n) is 2.28. The predicted octanol–water partition coefficient (Wildman–Crippen LogP) is 1.64. The van der Waals surface area contributed by atoms with Crippen LogP contribution in [0.3, 0.4) is 0 Å². The van der Waals surface area contributed by atoms with Crippen molar-refractivity contribution >= 4 is 5.91 Å². The Balaban J connectivity index is 1.69. The summed E-state index contributed by atoms with van der Waals surface area (Å²) in [7, 11) is 0. The summed E-state index contributed by atoms with van der Waals surface area (Å²) in [5.41, 5.74) is 0. The van der Waals surface area contributed by atoms with Crippen molar-refractivity contribution in [1.29, 1.82) is 0 Å². The molecule has 0 aliphatic carbocycles. The zero-order valence-corrected chi connectivity index (χ0v) is 9.24. The molecule has 15 heavy (non-hydrogen) atoms. The third kappa shape index (κ3) is 2.59. The Bertz CT molecular complexity index is 262. The first-order valence-corrected chi connectivity index (χ1v) is 5.90. The number of amides is 1. The Morgan fingerprint density at radius 3 is 3.00 bits per heavy atom. The van der Waals surface area contributed by atoms with Crippen LogP contribution < -0.4 is 5.32 Å². The van der Waals surface area contributed by atoms with Crippen LogP contribution >= 0.6 is 0 Å². The van der Waals surface area contributed by atoms with Gasteiger partial charge in [-0.15, -0.1) is 0 Å². The summed E-state index contributed by atoms with van der Waals surface area (Å²) < 4.78 is 5.62. The maximum absolute atomic E-state index is 11.6. The van der Waals surface area contributed by atoms with Gasteiger partial charge in [0.1, 0.15) is 0 Å². The van der Waals surface area contributed by atoms with Gasteiger partial charge in [-0.25, -0.2) is 0 Å². The van der Waals surface area contributed by atoms with Crippen molar-refractivity contribution < 1.29 is 9.53 Å². The summed E-state index contributed by atoms with van der Waals surface area (Å²) in [6.45, 7) is 2.94. The first-order chi connectivity index (χ1) is 7.29. The smallest absolute Gasteiger partial charge is 0.220 e. The molecule has 3 unspecified atom stereocenters. The van der Waals surface area contributed by atoms with E-state index in [4.69, 9.17) is 4.74 Å². The molecule has 1 saturated heterocycles. The second-order valence-electron chi connectivity index (χ2n) is 4.43. The Hall–Kier alpha value is -0.830. The van der Waals surface area contributed by atoms with Gasteiger partial charge in [0, 0.05) is 18.9 Å². The van der Waals surface area contributed by atoms with Gasteiger partial charge in [-0.3, -0.25) is 4.79 Å². The molecular weight excluding hydrogens is 190 g/mol. The number of nitrogens with one attached hydrogen (secondary N) is 1. The first kappa shape index (κ1) is 10.7. The van der Waals surface area contributed by atoms with E-state index in [-0.39, 0.29) is 18.1 Å². The van der Waals surface area contributed by atoms with Crippen LogP contribution in [0.1, 0.15) is 32.6 Å². The van der Waals surface area contributed by atoms with Crippen LogP contribution in [0.25, 0.3) is 0 Å². The summed E-state index contributed by atoms with van der Waals surface area (Å²) in [5, 5.41) is 2.95. The lowest BCUT2D eigenvalue weighted by molar-refractivity contribution is -0.122. The summed E-state index contributed by atoms with van der Waals surface area (Å²) in [6.07, 6.45) is 8.51. The zero-order valence-electron chi connectivity index (χ0n) is 9.24. The van der Waals surface area contributed by atoms with Crippen LogP contribution in [0.5, 0.6) is 0 Å². The zero-order chi connectivity index (χ0) is 10.7. The van der Waals surface area contributed by atoms with Crippen LogP contribution in [-0.4, -0.2) is 24.7 Å². The monoisotopic (exact) mass is 209 g/mol. The van der Waals surface area contributed by atoms with Crippen molar-refractivity contribution in [2.45, 2.75) is 44.8 Å². The highest BCUT2D eigenvalue weighted by Gasteiger charge is 2.37. The van der Waals surface area contributed by atoms with E-state index in [9.17, 15) is 4.79 Å². The van der Waals surface area contributed by atoms with Crippen molar-refractivity contribution in [3.8, 4) is 0 Å². The standard InChI is InChI=1S/C12H19NO2/c1-2-3-6-13-12(14)8-9-7-10-4-5-11(9)15-10/h4-5,9-11H,2-3,6-8H2,1H3,(H,13,14). The Morgan fingerprint density at radius 2 is 2.40 bits per heavy atom. The topological polar surface area (TPSA) is 38.3 Å². The van der Waals surface area contributed by atoms with Crippen LogP contribution in [0.2, 0.25) is 0 Å². The van der Waals surface area contributed by atoms with Gasteiger partial charge in [-0.2, -0.15) is 0 Å². The van der Waals surface area contributed by atoms with E-state index in [0.717, 1.165) is 25.8 Å². The summed E-state index contributed by atoms with van der Waals surface area (Å²) in [6, 6.07) is 0. The van der Waals surface area contributed by atoms with Gasteiger partial charge in [0.05, 0.1) is 12.2 Å². The average molecular weight is 209 g/mol. The molecule has 0 aromatic heterocycles. The fraction of sp³-hybridized carbons (Fsp3) is 0.750. The Morgan fingerprint density at radius 1 is 1.53 bits per heavy atom. The predicted molar refractivity (Wildman–Crippen MR) is 58.4 cm³/mol. The SMILES string of the molecule is CCCCNC(=O)CC1CC2C=CC1O2. The van der Waals surface area contributed by atoms with Crippen molar-refractivity contribution in [2.75, 3.05) is 6.54 Å². The van der Waals surface area contributed by atoms with Crippen LogP contribution in [0.4, 0.5) is 0 Å². The van der Waals surface area contributed by atoms with E-state index >= 15 is 0 Å². The van der Waals surface area contributed by atoms with E-state index in [0.29, 0.717) is 12.3 Å². The molecule has 1 fully saturated rings. The van der Waals surface area contributed by atoms with Gasteiger partial charge in [0.2, 0.25) is 5.91 Å². The molecular formula is C12H19NO2. The Kier molecular flexibility index (Phi) is 3.41. The maximum atomic E-state index is 11.6. The van der Waals surface area contributed by atoms with Gasteiger partial charge in [-0.05, 0) is 12.8 Å². The fourth-order valence-corrected chi connectivity index (χ4v) is 2.28. The summed E-state index contributed by atoms with van der Waals surface area (Å²) in [5.74, 6) is 0.583. The van der Waals surface area contributed by atoms with Gasteiger partial charge >= 0.3 is 0 Å². The molecule has 3 heteroatoms. The van der Waals surface area contributed by atoms with Gasteiger partial charge < -0.3 is 10.1 Å². The number of hydrogen-bond donors (Lipinski definition) is 1. The van der Waals surface area contributed by atoms with Gasteiger partial charge in [-0.1, -0.05) is 25.5 Å². The molecule has 0 radical (unpaired) electrons. The van der Waals surface area contributed by atoms with Gasteiger partial charge in [0.25, 0.3) is 0 Å². The highest BCUT2D eigenvalue weighted by Crippen LogP contribution is 2.35. The molecule has 2 aliphatic rings. The number of ether oxygens (including phenoxy) is 1. The number of rotatable bonds is 5. The third-order valence-corrected chi connectivity index (χ3v) is 3.15. The van der Waals surface area contributed by atoms with Crippen molar-refractivity contribution in [3.05, 3.63) is 12.2 Å². The molecule has 84 valence electrons. The number of unbranched alkanes of at least 4 members (excludes halogenated alkanes) is 1. The molecule has 2 aliphatic heterocycles. The molecule has 2 rings (SSSR count). The first-order valence-electron chi connectivity index (χ1n) is 5.90. The van der Waals surface area contributed by atoms with Crippen molar-refractivity contribution in [1.82, 2.24) is 5.32 Å². The van der Waals surface area contributed by atoms with Gasteiger partial charge in [0.15, 0.2) is 0 Å². The second kappa shape index (κ2) is 4.79. The molecule has 2 heterocycles. The second-order valence-corrected chi connectivity index (χ2v) is 4.43. The minimum atomic E-state index is 0.179. The normalized spacial score (nSPS) is 32.2. The van der Waals surface area contributed by atoms with Crippen LogP contribution in [0.15, 0.2) is 12.2 Å². The molecule has 1 amide bonds. The van der Waals surface area contributed by atoms with E-state index in [1.165, 1.54) is 0 Å². The number of carbonyl (C=O) groups is 1. The molecule has 2 bridgehead atoms. The quantitative estimate of drug-likeness (QED) is 0.552. The lowest BCUT2D eigenvalue weighted by Gasteiger charge is -2.14. The van der Waals surface area contributed by atoms with Crippen molar-refractivity contribution in [2.24, 2.45) is 5.92 Å². The van der Waals surface area contributed by atoms with Crippen LogP contribution in [-0.2, 0) is 9.53 Å². The molecule has 0 aromatic rings. The highest BCUT2D eigenvalue weighted by molar-refractivity contribution is 5.76. The molecule has 1 N–H and O–H groups in total. The van der Waals surface area contributed by atoms with Crippen molar-refractivity contribution in [3.63, 3.8) is 0 Å². The maximum Gasteiger partial charge on any atom is 0.220 e. The molecule has 0 spiro atoms. The van der Waals surface area contributed by atoms with E-state index in [1.54, 1.807) is 0 Å². The lowest BCUT2D eigenvalue weighted by Crippen LogP contribution is -2.28. The molecule has 3 atom stereocenters. The Labute approximate surface area is 90.9 Å². The minimum absolute atomic E-state index is 0.179. The number of fused-ring (bicyclic) bond motifs is 2. The van der Waals surface area contributed by atoms with E-state index in [1.807, 2.05) is 0 Å². The summed E-state index contributed by atoms with van der Waals surface area (Å²) in [4.78, 5) is 11.6. The highest BCUT2D eigenvalue weighted by atomic mass is 16.5. The molecule has 0 saturated carbocycles. The minimum Gasteiger partial charge on any atom is -0.367 e. The number of hydrogen-bond acceptors (Lipinski definition) is 2. The van der Waals surface area contributed by atoms with E-state index < -0.39 is 0 Å². The lowest BCUT2D eigenvalue weighted by atomic mass is 9.91.